The molecule has 0 saturated heterocycles. The molecule has 0 amide bonds. The molecule has 0 unspecified atom stereocenters. The molecule has 2 nitrogen and oxygen atoms in total. The molecule has 1 aromatic heterocycles. The monoisotopic (exact) mass is 251 g/mol. The first-order chi connectivity index (χ1) is 4.52. The van der Waals surface area contributed by atoms with Crippen molar-refractivity contribution in [1.82, 2.24) is 5.16 Å². The van der Waals surface area contributed by atoms with E-state index in [0.717, 1.165) is 5.76 Å². The highest BCUT2D eigenvalue weighted by Crippen LogP contribution is 2.32. The van der Waals surface area contributed by atoms with Crippen LogP contribution < -0.4 is 0 Å². The maximum Gasteiger partial charge on any atom is 0.138 e. The number of rotatable bonds is 1. The number of aryl methyl sites for hydroxylation is 1. The van der Waals surface area contributed by atoms with E-state index in [1.807, 2.05) is 6.92 Å². The Bertz CT molecular complexity index is 224. The number of hydrogen-bond donors (Lipinski definition) is 0. The van der Waals surface area contributed by atoms with Crippen LogP contribution in [0.4, 0.5) is 0 Å². The van der Waals surface area contributed by atoms with E-state index < -0.39 is 0 Å². The minimum Gasteiger partial charge on any atom is -0.361 e. The highest BCUT2D eigenvalue weighted by molar-refractivity contribution is 14.1. The van der Waals surface area contributed by atoms with E-state index in [1.165, 1.54) is 5.56 Å². The number of aromatic nitrogens is 1. The van der Waals surface area contributed by atoms with Crippen molar-refractivity contribution >= 4 is 22.6 Å². The molecular weight excluding hydrogens is 241 g/mol. The zero-order chi connectivity index (χ0) is 7.78. The van der Waals surface area contributed by atoms with Gasteiger partial charge in [-0.15, -0.1) is 0 Å². The van der Waals surface area contributed by atoms with E-state index in [4.69, 9.17) is 4.52 Å². The SMILES string of the molecule is Cc1oncc1C(C)(C)I. The lowest BCUT2D eigenvalue weighted by Crippen LogP contribution is -2.05. The van der Waals surface area contributed by atoms with Crippen molar-refractivity contribution in [3.05, 3.63) is 17.5 Å². The van der Waals surface area contributed by atoms with Crippen molar-refractivity contribution in [3.63, 3.8) is 0 Å². The minimum atomic E-state index is 0.127. The lowest BCUT2D eigenvalue weighted by molar-refractivity contribution is 0.395. The van der Waals surface area contributed by atoms with Gasteiger partial charge in [0.15, 0.2) is 0 Å². The first kappa shape index (κ1) is 8.04. The summed E-state index contributed by atoms with van der Waals surface area (Å²) >= 11 is 2.36. The molecule has 0 aliphatic carbocycles. The second kappa shape index (κ2) is 2.53. The summed E-state index contributed by atoms with van der Waals surface area (Å²) in [4.78, 5) is 0. The van der Waals surface area contributed by atoms with Crippen LogP contribution in [0.3, 0.4) is 0 Å². The summed E-state index contributed by atoms with van der Waals surface area (Å²) in [6, 6.07) is 0. The van der Waals surface area contributed by atoms with Gasteiger partial charge in [-0.05, 0) is 20.8 Å². The van der Waals surface area contributed by atoms with E-state index in [1.54, 1.807) is 6.20 Å². The van der Waals surface area contributed by atoms with Gasteiger partial charge < -0.3 is 4.52 Å². The zero-order valence-electron chi connectivity index (χ0n) is 6.31. The fourth-order valence-electron chi connectivity index (χ4n) is 0.870. The third kappa shape index (κ3) is 1.51. The molecule has 1 aromatic rings. The molecule has 0 radical (unpaired) electrons. The van der Waals surface area contributed by atoms with Gasteiger partial charge in [-0.25, -0.2) is 0 Å². The van der Waals surface area contributed by atoms with Gasteiger partial charge in [-0.2, -0.15) is 0 Å². The summed E-state index contributed by atoms with van der Waals surface area (Å²) in [5.74, 6) is 0.916. The van der Waals surface area contributed by atoms with Crippen LogP contribution in [0.1, 0.15) is 25.2 Å². The number of hydrogen-bond acceptors (Lipinski definition) is 2. The molecule has 1 heterocycles. The van der Waals surface area contributed by atoms with Gasteiger partial charge in [0, 0.05) is 8.99 Å². The van der Waals surface area contributed by atoms with Gasteiger partial charge in [-0.1, -0.05) is 27.7 Å². The minimum absolute atomic E-state index is 0.127. The molecule has 0 aliphatic rings. The summed E-state index contributed by atoms with van der Waals surface area (Å²) in [5, 5.41) is 3.71. The maximum atomic E-state index is 4.94. The lowest BCUT2D eigenvalue weighted by atomic mass is 10.1. The van der Waals surface area contributed by atoms with Crippen molar-refractivity contribution in [2.24, 2.45) is 0 Å². The third-order valence-corrected chi connectivity index (χ3v) is 1.97. The molecule has 1 rings (SSSR count). The van der Waals surface area contributed by atoms with E-state index >= 15 is 0 Å². The molecule has 10 heavy (non-hydrogen) atoms. The van der Waals surface area contributed by atoms with Gasteiger partial charge in [0.1, 0.15) is 5.76 Å². The predicted octanol–water partition coefficient (Wildman–Crippen LogP) is 2.65. The standard InChI is InChI=1S/C7H10INO/c1-5-6(4-9-10-5)7(2,3)8/h4H,1-3H3. The molecule has 0 saturated carbocycles. The molecule has 0 atom stereocenters. The topological polar surface area (TPSA) is 26.0 Å². The normalized spacial score (nSPS) is 12.0. The molecule has 0 bridgehead atoms. The van der Waals surface area contributed by atoms with Crippen LogP contribution in [-0.4, -0.2) is 5.16 Å². The highest BCUT2D eigenvalue weighted by atomic mass is 127. The van der Waals surface area contributed by atoms with Crippen LogP contribution in [0.2, 0.25) is 0 Å². The summed E-state index contributed by atoms with van der Waals surface area (Å²) < 4.78 is 5.06. The lowest BCUT2D eigenvalue weighted by Gasteiger charge is -2.13. The van der Waals surface area contributed by atoms with Crippen molar-refractivity contribution in [2.75, 3.05) is 0 Å². The fourth-order valence-corrected chi connectivity index (χ4v) is 1.39. The molecule has 3 heteroatoms. The molecule has 0 spiro atoms. The Kier molecular flexibility index (Phi) is 2.03. The Morgan fingerprint density at radius 1 is 1.60 bits per heavy atom. The fraction of sp³-hybridized carbons (Fsp3) is 0.571. The highest BCUT2D eigenvalue weighted by Gasteiger charge is 2.20. The van der Waals surface area contributed by atoms with Crippen LogP contribution in [0.15, 0.2) is 10.7 Å². The average Bonchev–Trinajstić information content (AvgIpc) is 2.11. The Balaban J connectivity index is 3.05. The number of alkyl halides is 1. The predicted molar refractivity (Wildman–Crippen MR) is 48.3 cm³/mol. The average molecular weight is 251 g/mol. The van der Waals surface area contributed by atoms with Crippen LogP contribution >= 0.6 is 22.6 Å². The van der Waals surface area contributed by atoms with Gasteiger partial charge in [0.05, 0.1) is 6.20 Å². The molecule has 56 valence electrons. The van der Waals surface area contributed by atoms with Crippen LogP contribution in [0.25, 0.3) is 0 Å². The first-order valence-corrected chi connectivity index (χ1v) is 4.20. The van der Waals surface area contributed by atoms with Gasteiger partial charge in [-0.3, -0.25) is 0 Å². The Labute approximate surface area is 74.1 Å². The van der Waals surface area contributed by atoms with Crippen molar-refractivity contribution in [2.45, 2.75) is 24.2 Å². The van der Waals surface area contributed by atoms with Crippen LogP contribution in [-0.2, 0) is 3.42 Å². The van der Waals surface area contributed by atoms with E-state index in [2.05, 4.69) is 41.6 Å². The zero-order valence-corrected chi connectivity index (χ0v) is 8.47. The number of halogens is 1. The Hall–Kier alpha value is -0.0600. The summed E-state index contributed by atoms with van der Waals surface area (Å²) in [6.45, 7) is 6.20. The van der Waals surface area contributed by atoms with E-state index in [-0.39, 0.29) is 3.42 Å². The third-order valence-electron chi connectivity index (χ3n) is 1.39. The smallest absolute Gasteiger partial charge is 0.138 e. The summed E-state index contributed by atoms with van der Waals surface area (Å²) in [6.07, 6.45) is 1.78. The number of nitrogens with zero attached hydrogens (tertiary/aromatic N) is 1. The van der Waals surface area contributed by atoms with Crippen molar-refractivity contribution in [3.8, 4) is 0 Å². The summed E-state index contributed by atoms with van der Waals surface area (Å²) in [5.41, 5.74) is 1.17. The van der Waals surface area contributed by atoms with Gasteiger partial charge >= 0.3 is 0 Å². The van der Waals surface area contributed by atoms with Crippen LogP contribution in [0.5, 0.6) is 0 Å². The molecular formula is C7H10INO. The van der Waals surface area contributed by atoms with Crippen LogP contribution in [0, 0.1) is 6.92 Å². The second-order valence-corrected chi connectivity index (χ2v) is 5.46. The second-order valence-electron chi connectivity index (χ2n) is 2.77. The van der Waals surface area contributed by atoms with Crippen molar-refractivity contribution < 1.29 is 4.52 Å². The Morgan fingerprint density at radius 2 is 2.20 bits per heavy atom. The molecule has 0 fully saturated rings. The maximum absolute atomic E-state index is 4.94. The van der Waals surface area contributed by atoms with Gasteiger partial charge in [0.25, 0.3) is 0 Å². The Morgan fingerprint density at radius 3 is 2.40 bits per heavy atom. The largest absolute Gasteiger partial charge is 0.361 e. The quantitative estimate of drug-likeness (QED) is 0.566. The van der Waals surface area contributed by atoms with E-state index in [0.29, 0.717) is 0 Å². The molecule has 0 aromatic carbocycles. The van der Waals surface area contributed by atoms with E-state index in [9.17, 15) is 0 Å². The molecule has 0 N–H and O–H groups in total. The summed E-state index contributed by atoms with van der Waals surface area (Å²) in [7, 11) is 0. The first-order valence-electron chi connectivity index (χ1n) is 3.12. The van der Waals surface area contributed by atoms with Crippen molar-refractivity contribution in [1.29, 1.82) is 0 Å². The molecule has 0 aliphatic heterocycles. The van der Waals surface area contributed by atoms with Gasteiger partial charge in [0.2, 0.25) is 0 Å².